The number of nitrogens with zero attached hydrogens (tertiary/aromatic N) is 4. The molecule has 1 aliphatic rings. The van der Waals surface area contributed by atoms with E-state index in [2.05, 4.69) is 5.09 Å². The third kappa shape index (κ3) is 4.05. The zero-order valence-corrected chi connectivity index (χ0v) is 20.6. The van der Waals surface area contributed by atoms with Crippen LogP contribution in [0, 0.1) is 6.92 Å². The summed E-state index contributed by atoms with van der Waals surface area (Å²) >= 11 is 6.25. The van der Waals surface area contributed by atoms with Crippen LogP contribution in [0.4, 0.5) is 24.7 Å². The van der Waals surface area contributed by atoms with Gasteiger partial charge >= 0.3 is 6.18 Å². The zero-order valence-electron chi connectivity index (χ0n) is 18.9. The van der Waals surface area contributed by atoms with E-state index in [1.165, 1.54) is 12.1 Å². The van der Waals surface area contributed by atoms with Crippen LogP contribution in [-0.2, 0) is 18.0 Å². The third-order valence-electron chi connectivity index (χ3n) is 5.79. The molecule has 35 heavy (non-hydrogen) atoms. The number of aromatic nitrogens is 2. The monoisotopic (exact) mass is 511 g/mol. The third-order valence-corrected chi connectivity index (χ3v) is 10.1. The Hall–Kier alpha value is -3.42. The number of aryl methyl sites for hydroxylation is 1. The first kappa shape index (κ1) is 23.3. The van der Waals surface area contributed by atoms with Crippen molar-refractivity contribution < 1.29 is 13.2 Å². The number of fused-ring (bicyclic) bond motifs is 1. The van der Waals surface area contributed by atoms with Gasteiger partial charge in [-0.2, -0.15) is 18.3 Å². The summed E-state index contributed by atoms with van der Waals surface area (Å²) in [5.41, 5.74) is 1.37. The molecule has 5 nitrogen and oxygen atoms in total. The Labute approximate surface area is 206 Å². The molecule has 1 aromatic heterocycles. The maximum absolute atomic E-state index is 13.9. The first-order chi connectivity index (χ1) is 16.7. The Morgan fingerprint density at radius 3 is 2.14 bits per heavy atom. The molecule has 0 aliphatic carbocycles. The molecule has 10 heteroatoms. The van der Waals surface area contributed by atoms with Gasteiger partial charge in [0.2, 0.25) is 0 Å². The van der Waals surface area contributed by atoms with Crippen molar-refractivity contribution in [3.05, 3.63) is 102 Å². The van der Waals surface area contributed by atoms with Crippen molar-refractivity contribution >= 4 is 40.8 Å². The number of hydrogen-bond acceptors (Lipinski definition) is 3. The highest BCUT2D eigenvalue weighted by molar-refractivity contribution is 8.18. The Morgan fingerprint density at radius 1 is 0.886 bits per heavy atom. The summed E-state index contributed by atoms with van der Waals surface area (Å²) in [6.45, 7) is 1.81. The van der Waals surface area contributed by atoms with Crippen molar-refractivity contribution in [2.45, 2.75) is 13.1 Å². The van der Waals surface area contributed by atoms with Crippen LogP contribution < -0.4 is 10.4 Å². The van der Waals surface area contributed by atoms with Crippen molar-refractivity contribution in [1.29, 1.82) is 0 Å². The summed E-state index contributed by atoms with van der Waals surface area (Å²) < 4.78 is 45.1. The molecule has 4 aromatic rings. The fraction of sp³-hybridized carbons (Fsp3) is 0.120. The summed E-state index contributed by atoms with van der Waals surface area (Å²) in [4.78, 5) is 4.94. The van der Waals surface area contributed by atoms with E-state index in [0.717, 1.165) is 17.3 Å². The van der Waals surface area contributed by atoms with E-state index >= 15 is 0 Å². The fourth-order valence-electron chi connectivity index (χ4n) is 4.13. The van der Waals surface area contributed by atoms with Crippen LogP contribution in [0.3, 0.4) is 0 Å². The molecule has 0 saturated heterocycles. The van der Waals surface area contributed by atoms with E-state index in [0.29, 0.717) is 22.7 Å². The Kier molecular flexibility index (Phi) is 5.77. The largest absolute Gasteiger partial charge is 0.418 e. The number of para-hydroxylation sites is 2. The van der Waals surface area contributed by atoms with Gasteiger partial charge in [0, 0.05) is 12.6 Å². The van der Waals surface area contributed by atoms with E-state index in [4.69, 9.17) is 21.9 Å². The van der Waals surface area contributed by atoms with Gasteiger partial charge in [0.1, 0.15) is 5.84 Å². The van der Waals surface area contributed by atoms with Gasteiger partial charge in [0.15, 0.2) is 12.2 Å². The molecule has 0 fully saturated rings. The molecule has 2 heterocycles. The lowest BCUT2D eigenvalue weighted by atomic mass is 10.2. The van der Waals surface area contributed by atoms with Crippen LogP contribution >= 0.6 is 6.34 Å². The normalized spacial score (nSPS) is 17.6. The fourth-order valence-corrected chi connectivity index (χ4v) is 7.71. The summed E-state index contributed by atoms with van der Waals surface area (Å²) in [5.74, 6) is 1.08. The molecule has 1 aliphatic heterocycles. The smallest absolute Gasteiger partial charge is 0.338 e. The lowest BCUT2D eigenvalue weighted by Crippen LogP contribution is -2.36. The Bertz CT molecular complexity index is 1470. The van der Waals surface area contributed by atoms with E-state index in [-0.39, 0.29) is 5.69 Å². The minimum atomic E-state index is -4.53. The summed E-state index contributed by atoms with van der Waals surface area (Å²) in [7, 11) is 1.78. The van der Waals surface area contributed by atoms with Crippen LogP contribution in [0.25, 0.3) is 5.69 Å². The molecular weight excluding hydrogens is 490 g/mol. The first-order valence-corrected chi connectivity index (χ1v) is 13.5. The number of aliphatic imine (C=N–C) groups is 1. The number of hydrogen-bond donors (Lipinski definition) is 1. The molecule has 5 rings (SSSR count). The first-order valence-electron chi connectivity index (χ1n) is 10.8. The van der Waals surface area contributed by atoms with Gasteiger partial charge in [-0.1, -0.05) is 60.7 Å². The molecule has 1 atom stereocenters. The second-order valence-electron chi connectivity index (χ2n) is 8.06. The molecule has 0 spiro atoms. The Balaban J connectivity index is 1.76. The van der Waals surface area contributed by atoms with Crippen molar-refractivity contribution in [1.82, 2.24) is 14.5 Å². The van der Waals surface area contributed by atoms with Gasteiger partial charge in [0.25, 0.3) is 0 Å². The van der Waals surface area contributed by atoms with E-state index in [1.54, 1.807) is 22.5 Å². The number of amidine groups is 1. The molecule has 0 bridgehead atoms. The van der Waals surface area contributed by atoms with Crippen LogP contribution in [0.5, 0.6) is 0 Å². The van der Waals surface area contributed by atoms with Crippen LogP contribution in [0.1, 0.15) is 16.8 Å². The van der Waals surface area contributed by atoms with Crippen LogP contribution in [0.2, 0.25) is 0 Å². The maximum atomic E-state index is 13.9. The number of rotatable bonds is 4. The SMILES string of the molecule is Cc1nn(-c2ccccc2)c2c1P(=S)(Nc1ccccc1C(F)(F)F)N(C)C(c1ccccc1)=N2. The maximum Gasteiger partial charge on any atom is 0.418 e. The van der Waals surface area contributed by atoms with Crippen molar-refractivity contribution in [3.8, 4) is 5.69 Å². The molecule has 1 unspecified atom stereocenters. The average molecular weight is 512 g/mol. The van der Waals surface area contributed by atoms with E-state index in [1.807, 2.05) is 67.6 Å². The number of anilines is 1. The minimum Gasteiger partial charge on any atom is -0.338 e. The molecule has 0 saturated carbocycles. The molecule has 0 amide bonds. The van der Waals surface area contributed by atoms with Gasteiger partial charge in [-0.25, -0.2) is 9.67 Å². The van der Waals surface area contributed by atoms with Gasteiger partial charge < -0.3 is 9.76 Å². The number of halogens is 3. The van der Waals surface area contributed by atoms with Gasteiger partial charge in [-0.3, -0.25) is 0 Å². The van der Waals surface area contributed by atoms with Crippen LogP contribution in [0.15, 0.2) is 89.9 Å². The molecule has 0 radical (unpaired) electrons. The summed E-state index contributed by atoms with van der Waals surface area (Å²) in [6.07, 6.45) is -7.60. The Morgan fingerprint density at radius 2 is 1.49 bits per heavy atom. The lowest BCUT2D eigenvalue weighted by molar-refractivity contribution is -0.136. The molecule has 178 valence electrons. The van der Waals surface area contributed by atoms with E-state index in [9.17, 15) is 13.2 Å². The highest BCUT2D eigenvalue weighted by atomic mass is 32.4. The zero-order chi connectivity index (χ0) is 24.8. The van der Waals surface area contributed by atoms with Crippen molar-refractivity contribution in [2.24, 2.45) is 4.99 Å². The highest BCUT2D eigenvalue weighted by Crippen LogP contribution is 2.55. The molecule has 3 aromatic carbocycles. The quantitative estimate of drug-likeness (QED) is 0.328. The van der Waals surface area contributed by atoms with Crippen molar-refractivity contribution in [2.75, 3.05) is 12.1 Å². The average Bonchev–Trinajstić information content (AvgIpc) is 3.19. The molecular formula is C25H21F3N5PS. The van der Waals surface area contributed by atoms with E-state index < -0.39 is 18.1 Å². The standard InChI is InChI=1S/C25H21F3N5PS/c1-17-22-24(33(30-17)19-13-7-4-8-14-19)29-23(18-11-5-3-6-12-18)32(2)34(22,35)31-21-16-10-9-15-20(21)25(26,27)28/h3-16H,1-2H3,(H,31,35). The van der Waals surface area contributed by atoms with Gasteiger partial charge in [-0.15, -0.1) is 0 Å². The lowest BCUT2D eigenvalue weighted by Gasteiger charge is -2.39. The van der Waals surface area contributed by atoms with Crippen molar-refractivity contribution in [3.63, 3.8) is 0 Å². The predicted molar refractivity (Wildman–Crippen MR) is 138 cm³/mol. The number of alkyl halides is 3. The predicted octanol–water partition coefficient (Wildman–Crippen LogP) is 6.27. The number of nitrogens with one attached hydrogen (secondary N) is 1. The highest BCUT2D eigenvalue weighted by Gasteiger charge is 2.41. The second kappa shape index (κ2) is 8.66. The summed E-state index contributed by atoms with van der Waals surface area (Å²) in [6, 6.07) is 24.4. The van der Waals surface area contributed by atoms with Gasteiger partial charge in [0.05, 0.1) is 27.9 Å². The van der Waals surface area contributed by atoms with Gasteiger partial charge in [-0.05, 0) is 43.0 Å². The number of benzene rings is 3. The molecule has 1 N–H and O–H groups in total. The minimum absolute atomic E-state index is 0.0673. The summed E-state index contributed by atoms with van der Waals surface area (Å²) in [5, 5.41) is 8.49. The second-order valence-corrected chi connectivity index (χ2v) is 12.1. The topological polar surface area (TPSA) is 45.5 Å². The van der Waals surface area contributed by atoms with Crippen LogP contribution in [-0.4, -0.2) is 27.3 Å².